The Hall–Kier alpha value is -3.24. The maximum atomic E-state index is 13.4. The molecule has 4 aromatic rings. The van der Waals surface area contributed by atoms with Crippen LogP contribution in [-0.4, -0.2) is 58.0 Å². The molecule has 0 bridgehead atoms. The van der Waals surface area contributed by atoms with Crippen LogP contribution >= 0.6 is 0 Å². The molecule has 1 aliphatic rings. The molecule has 0 spiro atoms. The van der Waals surface area contributed by atoms with E-state index in [4.69, 9.17) is 0 Å². The van der Waals surface area contributed by atoms with Gasteiger partial charge in [0.1, 0.15) is 10.7 Å². The summed E-state index contributed by atoms with van der Waals surface area (Å²) >= 11 is 0. The summed E-state index contributed by atoms with van der Waals surface area (Å²) in [4.78, 5) is 2.51. The first kappa shape index (κ1) is 23.5. The Balaban J connectivity index is 1.38. The summed E-state index contributed by atoms with van der Waals surface area (Å²) in [6.07, 6.45) is 5.76. The van der Waals surface area contributed by atoms with Gasteiger partial charge in [-0.3, -0.25) is 4.68 Å². The van der Waals surface area contributed by atoms with E-state index in [9.17, 15) is 12.8 Å². The molecule has 2 aromatic carbocycles. The first-order valence-electron chi connectivity index (χ1n) is 11.8. The van der Waals surface area contributed by atoms with Crippen LogP contribution in [-0.2, 0) is 16.6 Å². The lowest BCUT2D eigenvalue weighted by molar-refractivity contribution is 0.342. The van der Waals surface area contributed by atoms with Crippen LogP contribution in [0.1, 0.15) is 25.8 Å². The molecule has 1 unspecified atom stereocenters. The fourth-order valence-corrected chi connectivity index (χ4v) is 6.21. The van der Waals surface area contributed by atoms with Crippen LogP contribution in [0.2, 0.25) is 0 Å². The third-order valence-electron chi connectivity index (χ3n) is 6.56. The van der Waals surface area contributed by atoms with Crippen LogP contribution in [0.4, 0.5) is 10.1 Å². The van der Waals surface area contributed by atoms with Crippen molar-refractivity contribution in [2.75, 3.05) is 24.5 Å². The number of fused-ring (bicyclic) bond motifs is 1. The third-order valence-corrected chi connectivity index (χ3v) is 8.37. The van der Waals surface area contributed by atoms with E-state index < -0.39 is 10.0 Å². The van der Waals surface area contributed by atoms with Crippen LogP contribution < -0.4 is 4.90 Å². The molecule has 1 aliphatic heterocycles. The van der Waals surface area contributed by atoms with Crippen LogP contribution in [0.5, 0.6) is 0 Å². The van der Waals surface area contributed by atoms with Crippen molar-refractivity contribution >= 4 is 26.6 Å². The lowest BCUT2D eigenvalue weighted by Gasteiger charge is -2.41. The van der Waals surface area contributed by atoms with Gasteiger partial charge in [0.2, 0.25) is 10.0 Å². The molecule has 1 fully saturated rings. The van der Waals surface area contributed by atoms with E-state index in [0.717, 1.165) is 34.3 Å². The number of aromatic nitrogens is 4. The molecule has 1 atom stereocenters. The summed E-state index contributed by atoms with van der Waals surface area (Å²) in [6, 6.07) is 10.4. The molecule has 1 saturated heterocycles. The highest BCUT2D eigenvalue weighted by Crippen LogP contribution is 2.31. The van der Waals surface area contributed by atoms with Gasteiger partial charge in [0.05, 0.1) is 23.6 Å². The van der Waals surface area contributed by atoms with E-state index >= 15 is 0 Å². The molecule has 184 valence electrons. The van der Waals surface area contributed by atoms with Gasteiger partial charge in [-0.25, -0.2) is 17.5 Å². The van der Waals surface area contributed by atoms with Gasteiger partial charge in [0.25, 0.3) is 0 Å². The molecule has 35 heavy (non-hydrogen) atoms. The summed E-state index contributed by atoms with van der Waals surface area (Å²) in [5.74, 6) is -0.284. The van der Waals surface area contributed by atoms with Gasteiger partial charge in [-0.05, 0) is 62.2 Å². The molecule has 0 amide bonds. The number of aryl methyl sites for hydroxylation is 2. The molecule has 0 aliphatic carbocycles. The fourth-order valence-electron chi connectivity index (χ4n) is 4.74. The van der Waals surface area contributed by atoms with E-state index in [1.54, 1.807) is 38.2 Å². The van der Waals surface area contributed by atoms with Gasteiger partial charge in [0.15, 0.2) is 0 Å². The van der Waals surface area contributed by atoms with Crippen molar-refractivity contribution in [3.05, 3.63) is 66.4 Å². The number of anilines is 1. The highest BCUT2D eigenvalue weighted by atomic mass is 32.2. The summed E-state index contributed by atoms with van der Waals surface area (Å²) in [7, 11) is -3.59. The molecule has 0 saturated carbocycles. The van der Waals surface area contributed by atoms with Crippen LogP contribution in [0, 0.1) is 12.7 Å². The first-order valence-corrected chi connectivity index (χ1v) is 13.3. The quantitative estimate of drug-likeness (QED) is 0.404. The number of nitrogens with zero attached hydrogens (tertiary/aromatic N) is 6. The normalized spacial score (nSPS) is 17.4. The average molecular weight is 497 g/mol. The summed E-state index contributed by atoms with van der Waals surface area (Å²) in [6.45, 7) is 8.21. The predicted octanol–water partition coefficient (Wildman–Crippen LogP) is 3.98. The van der Waals surface area contributed by atoms with E-state index in [1.807, 2.05) is 13.8 Å². The number of benzene rings is 2. The van der Waals surface area contributed by atoms with E-state index in [2.05, 4.69) is 34.2 Å². The standard InChI is InChI=1S/C25H29FN6O2S/c1-4-9-29-17-23(15-27-29)35(33,34)30-10-11-31(19(3)16-30)24-13-20-14-28-32(25(20)12-18(24)2)22-7-5-21(26)6-8-22/h5-8,12-15,17,19H,4,9-11,16H2,1-3H3. The van der Waals surface area contributed by atoms with E-state index in [-0.39, 0.29) is 16.8 Å². The second kappa shape index (κ2) is 9.09. The highest BCUT2D eigenvalue weighted by Gasteiger charge is 2.33. The van der Waals surface area contributed by atoms with Crippen molar-refractivity contribution in [2.45, 2.75) is 44.7 Å². The van der Waals surface area contributed by atoms with Crippen LogP contribution in [0.15, 0.2) is 59.9 Å². The van der Waals surface area contributed by atoms with Crippen LogP contribution in [0.25, 0.3) is 16.6 Å². The van der Waals surface area contributed by atoms with Gasteiger partial charge < -0.3 is 4.90 Å². The average Bonchev–Trinajstić information content (AvgIpc) is 3.47. The monoisotopic (exact) mass is 496 g/mol. The number of rotatable bonds is 6. The van der Waals surface area contributed by atoms with E-state index in [0.29, 0.717) is 26.2 Å². The van der Waals surface area contributed by atoms with Crippen molar-refractivity contribution in [1.82, 2.24) is 23.9 Å². The predicted molar refractivity (Wildman–Crippen MR) is 134 cm³/mol. The van der Waals surface area contributed by atoms with Crippen molar-refractivity contribution in [3.63, 3.8) is 0 Å². The molecule has 2 aromatic heterocycles. The minimum atomic E-state index is -3.59. The Morgan fingerprint density at radius 2 is 1.86 bits per heavy atom. The maximum Gasteiger partial charge on any atom is 0.246 e. The summed E-state index contributed by atoms with van der Waals surface area (Å²) in [5, 5.41) is 9.68. The number of hydrogen-bond donors (Lipinski definition) is 0. The smallest absolute Gasteiger partial charge is 0.246 e. The Morgan fingerprint density at radius 1 is 1.09 bits per heavy atom. The van der Waals surface area contributed by atoms with Gasteiger partial charge in [-0.1, -0.05) is 6.92 Å². The largest absolute Gasteiger partial charge is 0.366 e. The molecule has 3 heterocycles. The number of halogens is 1. The fraction of sp³-hybridized carbons (Fsp3) is 0.360. The zero-order valence-electron chi connectivity index (χ0n) is 20.1. The molecule has 8 nitrogen and oxygen atoms in total. The molecule has 5 rings (SSSR count). The van der Waals surface area contributed by atoms with E-state index in [1.165, 1.54) is 18.3 Å². The van der Waals surface area contributed by atoms with Crippen molar-refractivity contribution < 1.29 is 12.8 Å². The highest BCUT2D eigenvalue weighted by molar-refractivity contribution is 7.89. The first-order chi connectivity index (χ1) is 16.8. The molecular formula is C25H29FN6O2S. The second-order valence-electron chi connectivity index (χ2n) is 9.07. The van der Waals surface area contributed by atoms with Crippen molar-refractivity contribution in [3.8, 4) is 5.69 Å². The lowest BCUT2D eigenvalue weighted by atomic mass is 10.1. The number of hydrogen-bond acceptors (Lipinski definition) is 5. The topological polar surface area (TPSA) is 76.3 Å². The van der Waals surface area contributed by atoms with Gasteiger partial charge in [-0.2, -0.15) is 14.5 Å². The second-order valence-corrected chi connectivity index (χ2v) is 11.0. The zero-order valence-corrected chi connectivity index (χ0v) is 20.9. The van der Waals surface area contributed by atoms with Gasteiger partial charge in [-0.15, -0.1) is 0 Å². The molecular weight excluding hydrogens is 467 g/mol. The third kappa shape index (κ3) is 4.32. The molecule has 0 N–H and O–H groups in total. The Labute approximate surface area is 204 Å². The van der Waals surface area contributed by atoms with Crippen molar-refractivity contribution in [2.24, 2.45) is 0 Å². The Kier molecular flexibility index (Phi) is 6.10. The zero-order chi connectivity index (χ0) is 24.7. The SMILES string of the molecule is CCCn1cc(S(=O)(=O)N2CCN(c3cc4cnn(-c5ccc(F)cc5)c4cc3C)C(C)C2)cn1. The molecule has 10 heteroatoms. The van der Waals surface area contributed by atoms with Gasteiger partial charge >= 0.3 is 0 Å². The van der Waals surface area contributed by atoms with Crippen LogP contribution in [0.3, 0.4) is 0 Å². The lowest BCUT2D eigenvalue weighted by Crippen LogP contribution is -2.53. The number of piperazine rings is 1. The number of sulfonamides is 1. The molecule has 0 radical (unpaired) electrons. The Bertz CT molecular complexity index is 1460. The maximum absolute atomic E-state index is 13.4. The summed E-state index contributed by atoms with van der Waals surface area (Å²) in [5.41, 5.74) is 3.88. The minimum Gasteiger partial charge on any atom is -0.366 e. The van der Waals surface area contributed by atoms with Crippen molar-refractivity contribution in [1.29, 1.82) is 0 Å². The Morgan fingerprint density at radius 3 is 2.57 bits per heavy atom. The summed E-state index contributed by atoms with van der Waals surface area (Å²) < 4.78 is 44.8. The van der Waals surface area contributed by atoms with Gasteiger partial charge in [0, 0.05) is 49.5 Å². The minimum absolute atomic E-state index is 0.00694.